The SMILES string of the molecule is CCN1C(=O)C(=Nc2cc3sc4c(c3s2)OC(C)(C)c2c-4sc3cc(N=C4SC(=C(C#N)C#N)N(CC)C4=O)sc23)SC1=C(C#N)C#N. The first-order valence-corrected chi connectivity index (χ1v) is 19.0. The lowest BCUT2D eigenvalue weighted by molar-refractivity contribution is -0.121. The maximum absolute atomic E-state index is 13.1. The molecule has 0 unspecified atom stereocenters. The van der Waals surface area contributed by atoms with E-state index in [2.05, 4.69) is 9.98 Å². The number of hydrogen-bond donors (Lipinski definition) is 0. The number of nitriles is 4. The van der Waals surface area contributed by atoms with Crippen molar-refractivity contribution in [3.05, 3.63) is 38.9 Å². The number of ether oxygens (including phenoxy) is 1. The molecule has 0 aliphatic carbocycles. The standard InChI is InChI=1S/C31H18N8O3S6/c1-5-38-27(40)25(47-29(38)13(9-32)10-33)36-17-7-15-21(45-17)19-23(43-15)24-20(42-31(19,3)4)22-16(44-24)8-18(46-22)37-26-28(41)39(6-2)30(48-26)14(11-34)12-35/h7-8H,5-6H2,1-4H3. The summed E-state index contributed by atoms with van der Waals surface area (Å²) in [6.07, 6.45) is 0. The number of hydrogen-bond acceptors (Lipinski definition) is 15. The third kappa shape index (κ3) is 4.86. The van der Waals surface area contributed by atoms with Crippen LogP contribution in [-0.2, 0) is 15.2 Å². The average Bonchev–Trinajstić information content (AvgIpc) is 3.88. The van der Waals surface area contributed by atoms with Gasteiger partial charge in [-0.2, -0.15) is 21.0 Å². The summed E-state index contributed by atoms with van der Waals surface area (Å²) in [6, 6.07) is 11.4. The lowest BCUT2D eigenvalue weighted by Gasteiger charge is -2.31. The number of aliphatic imine (C=N–C) groups is 2. The van der Waals surface area contributed by atoms with Gasteiger partial charge in [0.05, 0.1) is 23.9 Å². The first kappa shape index (κ1) is 32.1. The Balaban J connectivity index is 1.25. The molecular weight excluding hydrogens is 725 g/mol. The summed E-state index contributed by atoms with van der Waals surface area (Å²) in [4.78, 5) is 40.3. The number of carbonyl (C=O) groups is 2. The van der Waals surface area contributed by atoms with Gasteiger partial charge in [0, 0.05) is 23.4 Å². The van der Waals surface area contributed by atoms with Crippen LogP contribution in [0.4, 0.5) is 10.0 Å². The molecule has 11 nitrogen and oxygen atoms in total. The molecular formula is C31H18N8O3S6. The molecule has 2 saturated heterocycles. The molecule has 4 aromatic heterocycles. The number of thiophene rings is 4. The van der Waals surface area contributed by atoms with Gasteiger partial charge in [-0.05, 0) is 63.4 Å². The van der Waals surface area contributed by atoms with Gasteiger partial charge in [0.1, 0.15) is 49.9 Å². The van der Waals surface area contributed by atoms with E-state index in [9.17, 15) is 30.6 Å². The highest BCUT2D eigenvalue weighted by Crippen LogP contribution is 2.61. The summed E-state index contributed by atoms with van der Waals surface area (Å²) in [5.41, 5.74) is 0.131. The molecule has 0 N–H and O–H groups in total. The van der Waals surface area contributed by atoms with E-state index in [-0.39, 0.29) is 33.0 Å². The van der Waals surface area contributed by atoms with Crippen LogP contribution in [0.15, 0.2) is 43.3 Å². The molecule has 2 amide bonds. The lowest BCUT2D eigenvalue weighted by Crippen LogP contribution is -2.27. The second-order valence-electron chi connectivity index (χ2n) is 10.7. The van der Waals surface area contributed by atoms with Crippen molar-refractivity contribution in [1.29, 1.82) is 21.0 Å². The smallest absolute Gasteiger partial charge is 0.284 e. The van der Waals surface area contributed by atoms with Gasteiger partial charge in [-0.25, -0.2) is 9.98 Å². The molecule has 0 aromatic carbocycles. The second kappa shape index (κ2) is 11.9. The molecule has 17 heteroatoms. The second-order valence-corrected chi connectivity index (χ2v) is 16.8. The number of amides is 2. The van der Waals surface area contributed by atoms with Crippen molar-refractivity contribution < 1.29 is 14.3 Å². The Kier molecular flexibility index (Phi) is 7.96. The molecule has 0 bridgehead atoms. The Labute approximate surface area is 298 Å². The van der Waals surface area contributed by atoms with Crippen LogP contribution < -0.4 is 4.74 Å². The summed E-state index contributed by atoms with van der Waals surface area (Å²) >= 11 is 8.21. The van der Waals surface area contributed by atoms with Crippen molar-refractivity contribution >= 4 is 120 Å². The van der Waals surface area contributed by atoms with Gasteiger partial charge < -0.3 is 4.74 Å². The third-order valence-electron chi connectivity index (χ3n) is 7.49. The van der Waals surface area contributed by atoms with E-state index < -0.39 is 5.60 Å². The first-order valence-electron chi connectivity index (χ1n) is 14.2. The minimum Gasteiger partial charge on any atom is -0.480 e. The van der Waals surface area contributed by atoms with E-state index in [1.54, 1.807) is 36.5 Å². The molecule has 3 aliphatic heterocycles. The Morgan fingerprint density at radius 2 is 1.21 bits per heavy atom. The predicted octanol–water partition coefficient (Wildman–Crippen LogP) is 8.30. The Bertz CT molecular complexity index is 2410. The molecule has 0 saturated carbocycles. The van der Waals surface area contributed by atoms with Crippen LogP contribution in [0.1, 0.15) is 33.3 Å². The van der Waals surface area contributed by atoms with Gasteiger partial charge in [-0.1, -0.05) is 0 Å². The van der Waals surface area contributed by atoms with Crippen LogP contribution in [-0.4, -0.2) is 44.8 Å². The summed E-state index contributed by atoms with van der Waals surface area (Å²) in [7, 11) is 0. The van der Waals surface area contributed by atoms with Gasteiger partial charge in [0.15, 0.2) is 27.0 Å². The van der Waals surface area contributed by atoms with Crippen molar-refractivity contribution in [2.24, 2.45) is 9.98 Å². The zero-order chi connectivity index (χ0) is 34.1. The van der Waals surface area contributed by atoms with Crippen LogP contribution in [0.2, 0.25) is 0 Å². The Morgan fingerprint density at radius 1 is 0.750 bits per heavy atom. The van der Waals surface area contributed by atoms with Gasteiger partial charge in [0.25, 0.3) is 11.8 Å². The highest BCUT2D eigenvalue weighted by molar-refractivity contribution is 8.20. The van der Waals surface area contributed by atoms with Crippen molar-refractivity contribution in [2.45, 2.75) is 33.3 Å². The number of allylic oxidation sites excluding steroid dienone is 2. The molecule has 236 valence electrons. The minimum atomic E-state index is -0.690. The van der Waals surface area contributed by atoms with E-state index in [1.807, 2.05) is 50.3 Å². The van der Waals surface area contributed by atoms with Crippen LogP contribution in [0, 0.1) is 45.3 Å². The monoisotopic (exact) mass is 742 g/mol. The fraction of sp³-hybridized carbons (Fsp3) is 0.226. The van der Waals surface area contributed by atoms with Gasteiger partial charge in [-0.3, -0.25) is 19.4 Å². The molecule has 4 aromatic rings. The summed E-state index contributed by atoms with van der Waals surface area (Å²) < 4.78 is 10.6. The van der Waals surface area contributed by atoms with Gasteiger partial charge in [0.2, 0.25) is 0 Å². The van der Waals surface area contributed by atoms with Gasteiger partial charge in [-0.15, -0.1) is 45.3 Å². The normalized spacial score (nSPS) is 18.2. The average molecular weight is 743 g/mol. The van der Waals surface area contributed by atoms with Crippen molar-refractivity contribution in [2.75, 3.05) is 13.1 Å². The Hall–Kier alpha value is -4.46. The molecule has 3 aliphatic rings. The number of rotatable bonds is 4. The van der Waals surface area contributed by atoms with E-state index in [4.69, 9.17) is 4.74 Å². The highest BCUT2D eigenvalue weighted by atomic mass is 32.2. The van der Waals surface area contributed by atoms with E-state index in [0.29, 0.717) is 33.1 Å². The fourth-order valence-corrected chi connectivity index (χ4v) is 12.9. The maximum Gasteiger partial charge on any atom is 0.284 e. The zero-order valence-corrected chi connectivity index (χ0v) is 30.2. The largest absolute Gasteiger partial charge is 0.480 e. The molecule has 0 radical (unpaired) electrons. The van der Waals surface area contributed by atoms with E-state index in [0.717, 1.165) is 63.4 Å². The fourth-order valence-electron chi connectivity index (χ4n) is 5.42. The van der Waals surface area contributed by atoms with Crippen molar-refractivity contribution in [3.63, 3.8) is 0 Å². The van der Waals surface area contributed by atoms with Crippen molar-refractivity contribution in [1.82, 2.24) is 9.80 Å². The molecule has 2 fully saturated rings. The number of carbonyl (C=O) groups excluding carboxylic acids is 2. The maximum atomic E-state index is 13.1. The number of nitrogens with zero attached hydrogens (tertiary/aromatic N) is 8. The molecule has 0 spiro atoms. The Morgan fingerprint density at radius 3 is 1.69 bits per heavy atom. The molecule has 0 atom stereocenters. The summed E-state index contributed by atoms with van der Waals surface area (Å²) in [5, 5.41) is 39.8. The van der Waals surface area contributed by atoms with Crippen LogP contribution >= 0.6 is 68.9 Å². The van der Waals surface area contributed by atoms with Gasteiger partial charge >= 0.3 is 0 Å². The van der Waals surface area contributed by atoms with E-state index in [1.165, 1.54) is 32.5 Å². The molecule has 48 heavy (non-hydrogen) atoms. The minimum absolute atomic E-state index is 0.114. The summed E-state index contributed by atoms with van der Waals surface area (Å²) in [6.45, 7) is 8.24. The quantitative estimate of drug-likeness (QED) is 0.187. The summed E-state index contributed by atoms with van der Waals surface area (Å²) in [5.74, 6) is 0.0998. The van der Waals surface area contributed by atoms with Crippen LogP contribution in [0.5, 0.6) is 5.75 Å². The highest BCUT2D eigenvalue weighted by Gasteiger charge is 2.41. The molecule has 7 heterocycles. The topological polar surface area (TPSA) is 170 Å². The van der Waals surface area contributed by atoms with Crippen LogP contribution in [0.3, 0.4) is 0 Å². The lowest BCUT2D eigenvalue weighted by atomic mass is 9.95. The molecule has 7 rings (SSSR count). The predicted molar refractivity (Wildman–Crippen MR) is 193 cm³/mol. The zero-order valence-electron chi connectivity index (χ0n) is 25.3. The van der Waals surface area contributed by atoms with E-state index >= 15 is 0 Å². The first-order chi connectivity index (χ1) is 23.1. The number of fused-ring (bicyclic) bond motifs is 7. The van der Waals surface area contributed by atoms with Crippen molar-refractivity contribution in [3.8, 4) is 39.8 Å². The third-order valence-corrected chi connectivity index (χ3v) is 14.4. The van der Waals surface area contributed by atoms with Crippen LogP contribution in [0.25, 0.3) is 28.6 Å². The number of thioether (sulfide) groups is 2.